The molecule has 184 valence electrons. The van der Waals surface area contributed by atoms with Crippen LogP contribution in [0.4, 0.5) is 5.69 Å². The van der Waals surface area contributed by atoms with Gasteiger partial charge in [0.2, 0.25) is 0 Å². The summed E-state index contributed by atoms with van der Waals surface area (Å²) in [7, 11) is 0. The number of anilines is 1. The minimum Gasteiger partial charge on any atom is -0.442 e. The van der Waals surface area contributed by atoms with Crippen LogP contribution >= 0.6 is 0 Å². The Morgan fingerprint density at radius 2 is 1.39 bits per heavy atom. The normalized spacial score (nSPS) is 16.4. The third-order valence-corrected chi connectivity index (χ3v) is 5.98. The molecular weight excluding hydrogens is 440 g/mol. The fraction of sp³-hybridized carbons (Fsp3) is 0.250. The summed E-state index contributed by atoms with van der Waals surface area (Å²) in [6.45, 7) is 13.3. The predicted octanol–water partition coefficient (Wildman–Crippen LogP) is 6.83. The first-order valence-corrected chi connectivity index (χ1v) is 12.4. The Morgan fingerprint density at radius 1 is 0.750 bits per heavy atom. The molecule has 0 saturated carbocycles. The highest BCUT2D eigenvalue weighted by Gasteiger charge is 2.22. The van der Waals surface area contributed by atoms with E-state index in [4.69, 9.17) is 5.10 Å². The number of benzene rings is 3. The van der Waals surface area contributed by atoms with E-state index in [-0.39, 0.29) is 10.8 Å². The third-order valence-electron chi connectivity index (χ3n) is 5.98. The van der Waals surface area contributed by atoms with E-state index in [0.29, 0.717) is 5.82 Å². The molecule has 4 heteroatoms. The molecule has 0 amide bonds. The van der Waals surface area contributed by atoms with Gasteiger partial charge in [0.05, 0.1) is 11.4 Å². The zero-order valence-corrected chi connectivity index (χ0v) is 22.1. The molecule has 4 rings (SSSR count). The zero-order chi connectivity index (χ0) is 25.8. The molecule has 4 nitrogen and oxygen atoms in total. The molecule has 0 atom stereocenters. The lowest BCUT2D eigenvalue weighted by molar-refractivity contribution is 0.564. The number of hydrogen-bond donors (Lipinski definition) is 1. The number of allylic oxidation sites excluding steroid dienone is 1. The number of hydrogen-bond acceptors (Lipinski definition) is 3. The number of nitrogens with zero attached hydrogens (tertiary/aromatic N) is 3. The number of nitrogens with one attached hydrogen (secondary N) is 1. The minimum absolute atomic E-state index is 0.118. The second-order valence-corrected chi connectivity index (χ2v) is 11.0. The van der Waals surface area contributed by atoms with E-state index >= 15 is 0 Å². The van der Waals surface area contributed by atoms with Gasteiger partial charge in [0, 0.05) is 10.6 Å². The number of rotatable bonds is 4. The van der Waals surface area contributed by atoms with E-state index in [9.17, 15) is 0 Å². The minimum atomic E-state index is -0.151. The molecular formula is C32H35N4-. The number of hydrazone groups is 1. The van der Waals surface area contributed by atoms with Gasteiger partial charge in [-0.1, -0.05) is 133 Å². The van der Waals surface area contributed by atoms with Crippen LogP contribution in [0.2, 0.25) is 0 Å². The van der Waals surface area contributed by atoms with Gasteiger partial charge in [-0.3, -0.25) is 5.43 Å². The molecule has 1 aliphatic rings. The SMILES string of the molecule is CC(C)(C)/C(c1ccccc1)=c1\cccc(N/N=C(/c2ccccc2)C(C)(C)C)\c1=C1\N=CC=C[N-]1. The van der Waals surface area contributed by atoms with Gasteiger partial charge < -0.3 is 10.3 Å². The summed E-state index contributed by atoms with van der Waals surface area (Å²) in [5.74, 6) is 0.667. The van der Waals surface area contributed by atoms with Gasteiger partial charge in [0.15, 0.2) is 0 Å². The molecule has 0 aromatic heterocycles. The average molecular weight is 476 g/mol. The molecule has 1 aliphatic heterocycles. The molecule has 0 fully saturated rings. The summed E-state index contributed by atoms with van der Waals surface area (Å²) in [6.07, 6.45) is 5.42. The van der Waals surface area contributed by atoms with Crippen LogP contribution < -0.4 is 15.9 Å². The van der Waals surface area contributed by atoms with E-state index in [1.807, 2.05) is 24.3 Å². The maximum Gasteiger partial charge on any atom is 0.0732 e. The van der Waals surface area contributed by atoms with Crippen molar-refractivity contribution in [2.45, 2.75) is 41.5 Å². The predicted molar refractivity (Wildman–Crippen MR) is 155 cm³/mol. The maximum absolute atomic E-state index is 4.96. The summed E-state index contributed by atoms with van der Waals surface area (Å²) in [6, 6.07) is 27.2. The monoisotopic (exact) mass is 475 g/mol. The Kier molecular flexibility index (Phi) is 7.25. The number of aliphatic imine (C=N–C) groups is 1. The standard InChI is InChI=1S/C32H35N4/c1-31(2,3)28(23-15-9-7-10-16-23)25-19-13-20-26(27(25)30-33-21-14-22-34-30)35-36-29(32(4,5)6)24-17-11-8-12-18-24/h7-22,35H,1-6H3/q-1/b28-25+,36-29-. The van der Waals surface area contributed by atoms with Crippen molar-refractivity contribution in [2.24, 2.45) is 20.9 Å². The second kappa shape index (κ2) is 10.4. The third kappa shape index (κ3) is 5.65. The highest BCUT2D eigenvalue weighted by molar-refractivity contribution is 6.04. The van der Waals surface area contributed by atoms with E-state index in [1.165, 1.54) is 11.1 Å². The summed E-state index contributed by atoms with van der Waals surface area (Å²) >= 11 is 0. The highest BCUT2D eigenvalue weighted by Crippen LogP contribution is 2.31. The Hall–Kier alpha value is -3.92. The van der Waals surface area contributed by atoms with Gasteiger partial charge in [-0.05, 0) is 39.2 Å². The van der Waals surface area contributed by atoms with Crippen molar-refractivity contribution >= 4 is 29.0 Å². The molecule has 0 bridgehead atoms. The summed E-state index contributed by atoms with van der Waals surface area (Å²) in [5, 5.41) is 11.6. The Labute approximate surface area is 214 Å². The fourth-order valence-corrected chi connectivity index (χ4v) is 4.50. The highest BCUT2D eigenvalue weighted by atomic mass is 15.3. The van der Waals surface area contributed by atoms with Crippen molar-refractivity contribution in [1.29, 1.82) is 0 Å². The summed E-state index contributed by atoms with van der Waals surface area (Å²) < 4.78 is 0. The van der Waals surface area contributed by atoms with E-state index in [1.54, 1.807) is 12.4 Å². The molecule has 1 heterocycles. The molecule has 0 saturated heterocycles. The van der Waals surface area contributed by atoms with Crippen LogP contribution in [0.1, 0.15) is 52.7 Å². The van der Waals surface area contributed by atoms with Gasteiger partial charge in [0.1, 0.15) is 0 Å². The van der Waals surface area contributed by atoms with Crippen LogP contribution in [0.15, 0.2) is 101 Å². The topological polar surface area (TPSA) is 50.9 Å². The van der Waals surface area contributed by atoms with Crippen LogP contribution in [-0.2, 0) is 0 Å². The largest absolute Gasteiger partial charge is 0.442 e. The van der Waals surface area contributed by atoms with Crippen molar-refractivity contribution < 1.29 is 0 Å². The van der Waals surface area contributed by atoms with E-state index in [0.717, 1.165) is 27.4 Å². The Bertz CT molecular complexity index is 1420. The molecule has 0 aliphatic carbocycles. The maximum atomic E-state index is 4.96. The molecule has 3 aromatic carbocycles. The quantitative estimate of drug-likeness (QED) is 0.326. The van der Waals surface area contributed by atoms with Gasteiger partial charge in [-0.2, -0.15) is 5.10 Å². The van der Waals surface area contributed by atoms with Crippen LogP contribution in [0.25, 0.3) is 16.7 Å². The molecule has 3 aromatic rings. The van der Waals surface area contributed by atoms with Crippen molar-refractivity contribution in [3.05, 3.63) is 118 Å². The van der Waals surface area contributed by atoms with Crippen molar-refractivity contribution in [3.63, 3.8) is 0 Å². The van der Waals surface area contributed by atoms with Crippen molar-refractivity contribution in [2.75, 3.05) is 5.43 Å². The average Bonchev–Trinajstić information content (AvgIpc) is 2.85. The van der Waals surface area contributed by atoms with Crippen LogP contribution in [0.5, 0.6) is 0 Å². The lowest BCUT2D eigenvalue weighted by atomic mass is 9.80. The fourth-order valence-electron chi connectivity index (χ4n) is 4.50. The van der Waals surface area contributed by atoms with E-state index < -0.39 is 0 Å². The molecule has 0 spiro atoms. The Morgan fingerprint density at radius 3 is 1.94 bits per heavy atom. The summed E-state index contributed by atoms with van der Waals surface area (Å²) in [5.41, 5.74) is 8.50. The lowest BCUT2D eigenvalue weighted by Crippen LogP contribution is -2.35. The smallest absolute Gasteiger partial charge is 0.0732 e. The van der Waals surface area contributed by atoms with Gasteiger partial charge in [-0.15, -0.1) is 0 Å². The Balaban J connectivity index is 2.03. The molecule has 0 radical (unpaired) electrons. The second-order valence-electron chi connectivity index (χ2n) is 11.0. The van der Waals surface area contributed by atoms with Gasteiger partial charge in [0.25, 0.3) is 0 Å². The van der Waals surface area contributed by atoms with Crippen LogP contribution in [0, 0.1) is 10.8 Å². The molecule has 1 N–H and O–H groups in total. The van der Waals surface area contributed by atoms with E-state index in [2.05, 4.69) is 118 Å². The first kappa shape index (κ1) is 25.2. The van der Waals surface area contributed by atoms with Crippen molar-refractivity contribution in [3.8, 4) is 0 Å². The molecule has 0 unspecified atom stereocenters. The van der Waals surface area contributed by atoms with Crippen LogP contribution in [0.3, 0.4) is 0 Å². The lowest BCUT2D eigenvalue weighted by Gasteiger charge is -2.26. The van der Waals surface area contributed by atoms with Gasteiger partial charge >= 0.3 is 0 Å². The first-order valence-electron chi connectivity index (χ1n) is 12.4. The van der Waals surface area contributed by atoms with Crippen molar-refractivity contribution in [1.82, 2.24) is 0 Å². The summed E-state index contributed by atoms with van der Waals surface area (Å²) in [4.78, 5) is 4.65. The molecule has 36 heavy (non-hydrogen) atoms. The van der Waals surface area contributed by atoms with Crippen LogP contribution in [-0.4, -0.2) is 11.9 Å². The zero-order valence-electron chi connectivity index (χ0n) is 22.1. The van der Waals surface area contributed by atoms with Gasteiger partial charge in [-0.25, -0.2) is 0 Å². The first-order chi connectivity index (χ1) is 17.2.